The van der Waals surface area contributed by atoms with Crippen LogP contribution in [0.1, 0.15) is 0 Å². The molecular formula is HO4PS. The van der Waals surface area contributed by atoms with E-state index in [1.54, 1.807) is 0 Å². The number of rotatable bonds is 0. The molecule has 0 radical (unpaired) electrons. The molecular weight excluding hydrogens is 127 g/mol. The first-order chi connectivity index (χ1) is 2.71. The van der Waals surface area contributed by atoms with Gasteiger partial charge in [0.25, 0.3) is 0 Å². The van der Waals surface area contributed by atoms with E-state index in [2.05, 4.69) is 7.94 Å². The van der Waals surface area contributed by atoms with Gasteiger partial charge in [-0.3, -0.25) is 0 Å². The van der Waals surface area contributed by atoms with E-state index in [-0.39, 0.29) is 0 Å². The molecule has 1 aliphatic heterocycles. The van der Waals surface area contributed by atoms with Crippen LogP contribution in [-0.2, 0) is 12.5 Å². The summed E-state index contributed by atoms with van der Waals surface area (Å²) in [5.41, 5.74) is 0. The molecule has 6 heteroatoms. The van der Waals surface area contributed by atoms with Gasteiger partial charge in [0, 0.05) is 0 Å². The second kappa shape index (κ2) is 1.21. The van der Waals surface area contributed by atoms with Crippen molar-refractivity contribution in [2.24, 2.45) is 0 Å². The highest BCUT2D eigenvalue weighted by Crippen LogP contribution is 2.61. The first-order valence-electron chi connectivity index (χ1n) is 1.08. The quantitative estimate of drug-likeness (QED) is 0.384. The van der Waals surface area contributed by atoms with Crippen LogP contribution < -0.4 is 0 Å². The summed E-state index contributed by atoms with van der Waals surface area (Å²) in [6.45, 7) is 0. The van der Waals surface area contributed by atoms with E-state index in [0.29, 0.717) is 12.3 Å². The summed E-state index contributed by atoms with van der Waals surface area (Å²) in [5, 5.41) is 0. The van der Waals surface area contributed by atoms with Crippen LogP contribution in [0.3, 0.4) is 0 Å². The minimum Gasteiger partial charge on any atom is -0.301 e. The molecule has 1 N–H and O–H groups in total. The maximum Gasteiger partial charge on any atom is 0.498 e. The highest BCUT2D eigenvalue weighted by atomic mass is 32.2. The van der Waals surface area contributed by atoms with E-state index >= 15 is 0 Å². The topological polar surface area (TPSA) is 55.8 Å². The molecule has 1 saturated heterocycles. The summed E-state index contributed by atoms with van der Waals surface area (Å²) >= 11 is 0.531. The molecule has 36 valence electrons. The summed E-state index contributed by atoms with van der Waals surface area (Å²) in [4.78, 5) is 8.00. The second-order valence-electron chi connectivity index (χ2n) is 0.686. The summed E-state index contributed by atoms with van der Waals surface area (Å²) in [5.74, 6) is 0. The minimum atomic E-state index is -3.50. The molecule has 0 amide bonds. The van der Waals surface area contributed by atoms with Crippen molar-refractivity contribution in [2.45, 2.75) is 0 Å². The largest absolute Gasteiger partial charge is 0.498 e. The molecule has 0 aromatic carbocycles. The van der Waals surface area contributed by atoms with Gasteiger partial charge in [0.2, 0.25) is 0 Å². The van der Waals surface area contributed by atoms with Crippen LogP contribution in [0.25, 0.3) is 0 Å². The molecule has 1 fully saturated rings. The summed E-state index contributed by atoms with van der Waals surface area (Å²) in [7, 11) is -3.50. The third kappa shape index (κ3) is 0.746. The lowest BCUT2D eigenvalue weighted by molar-refractivity contribution is 0.269. The number of hydrogen-bond donors (Lipinski definition) is 1. The molecule has 1 aliphatic rings. The number of phosphoric acid groups is 1. The van der Waals surface area contributed by atoms with Crippen LogP contribution in [0.5, 0.6) is 0 Å². The Morgan fingerprint density at radius 2 is 2.00 bits per heavy atom. The minimum absolute atomic E-state index is 0.531. The van der Waals surface area contributed by atoms with Crippen molar-refractivity contribution in [1.29, 1.82) is 0 Å². The van der Waals surface area contributed by atoms with Gasteiger partial charge in [0.1, 0.15) is 0 Å². The number of hydrogen-bond acceptors (Lipinski definition) is 4. The maximum atomic E-state index is 9.76. The van der Waals surface area contributed by atoms with E-state index in [9.17, 15) is 4.57 Å². The van der Waals surface area contributed by atoms with Crippen LogP contribution in [-0.4, -0.2) is 4.89 Å². The van der Waals surface area contributed by atoms with Crippen molar-refractivity contribution in [3.63, 3.8) is 0 Å². The van der Waals surface area contributed by atoms with E-state index in [0.717, 1.165) is 0 Å². The van der Waals surface area contributed by atoms with Crippen molar-refractivity contribution >= 4 is 20.1 Å². The molecule has 4 nitrogen and oxygen atoms in total. The lowest BCUT2D eigenvalue weighted by atomic mass is 15.7. The van der Waals surface area contributed by atoms with Gasteiger partial charge in [-0.2, -0.15) is 7.94 Å². The van der Waals surface area contributed by atoms with Crippen molar-refractivity contribution in [2.75, 3.05) is 0 Å². The van der Waals surface area contributed by atoms with Crippen LogP contribution in [0.2, 0.25) is 0 Å². The van der Waals surface area contributed by atoms with Crippen molar-refractivity contribution < 1.29 is 17.4 Å². The third-order valence-corrected chi connectivity index (χ3v) is 2.24. The zero-order chi connectivity index (χ0) is 4.62. The Hall–Kier alpha value is 0.460. The lowest BCUT2D eigenvalue weighted by Crippen LogP contribution is -1.91. The highest BCUT2D eigenvalue weighted by Gasteiger charge is 2.33. The fourth-order valence-corrected chi connectivity index (χ4v) is 0.742. The molecule has 0 aromatic heterocycles. The maximum absolute atomic E-state index is 9.76. The zero-order valence-electron chi connectivity index (χ0n) is 2.53. The first-order valence-corrected chi connectivity index (χ1v) is 3.24. The molecule has 0 aromatic rings. The zero-order valence-corrected chi connectivity index (χ0v) is 4.24. The predicted molar refractivity (Wildman–Crippen MR) is 19.6 cm³/mol. The fourth-order valence-electron chi connectivity index (χ4n) is 0.0825. The molecule has 1 heterocycles. The van der Waals surface area contributed by atoms with Gasteiger partial charge in [0.05, 0.1) is 0 Å². The molecule has 1 rings (SSSR count). The second-order valence-corrected chi connectivity index (χ2v) is 2.95. The van der Waals surface area contributed by atoms with E-state index in [1.165, 1.54) is 0 Å². The fraction of sp³-hybridized carbons (Fsp3) is 0. The van der Waals surface area contributed by atoms with Crippen molar-refractivity contribution in [3.8, 4) is 0 Å². The summed E-state index contributed by atoms with van der Waals surface area (Å²) < 4.78 is 17.6. The Bertz CT molecular complexity index is 89.7. The lowest BCUT2D eigenvalue weighted by Gasteiger charge is -2.14. The van der Waals surface area contributed by atoms with Crippen LogP contribution >= 0.6 is 20.1 Å². The van der Waals surface area contributed by atoms with Gasteiger partial charge < -0.3 is 4.89 Å². The molecule has 0 saturated carbocycles. The van der Waals surface area contributed by atoms with Gasteiger partial charge in [-0.15, -0.1) is 0 Å². The Labute approximate surface area is 38.5 Å². The van der Waals surface area contributed by atoms with Crippen LogP contribution in [0.4, 0.5) is 0 Å². The van der Waals surface area contributed by atoms with Crippen LogP contribution in [0, 0.1) is 0 Å². The average Bonchev–Trinajstić information content (AvgIpc) is 1.32. The molecule has 0 bridgehead atoms. The molecule has 6 heavy (non-hydrogen) atoms. The predicted octanol–water partition coefficient (Wildman–Crippen LogP) is 0.697. The van der Waals surface area contributed by atoms with Crippen LogP contribution in [0.15, 0.2) is 0 Å². The summed E-state index contributed by atoms with van der Waals surface area (Å²) in [6.07, 6.45) is 0. The molecule has 0 aliphatic carbocycles. The Morgan fingerprint density at radius 3 is 2.00 bits per heavy atom. The summed E-state index contributed by atoms with van der Waals surface area (Å²) in [6, 6.07) is 0. The van der Waals surface area contributed by atoms with E-state index in [1.807, 2.05) is 0 Å². The highest BCUT2D eigenvalue weighted by molar-refractivity contribution is 8.02. The van der Waals surface area contributed by atoms with E-state index < -0.39 is 7.82 Å². The average molecular weight is 128 g/mol. The smallest absolute Gasteiger partial charge is 0.301 e. The van der Waals surface area contributed by atoms with Crippen molar-refractivity contribution in [3.05, 3.63) is 0 Å². The molecule has 0 atom stereocenters. The first kappa shape index (κ1) is 4.61. The standard InChI is InChI=1S/HO4PS/c1-5(2)3-6-4-5/h(H,1,2). The van der Waals surface area contributed by atoms with Gasteiger partial charge >= 0.3 is 7.82 Å². The Balaban J connectivity index is 2.53. The van der Waals surface area contributed by atoms with Gasteiger partial charge in [-0.05, 0) is 0 Å². The van der Waals surface area contributed by atoms with E-state index in [4.69, 9.17) is 4.89 Å². The molecule has 0 unspecified atom stereocenters. The monoisotopic (exact) mass is 128 g/mol. The SMILES string of the molecule is O=P1(O)OSO1. The van der Waals surface area contributed by atoms with Gasteiger partial charge in [0.15, 0.2) is 12.3 Å². The van der Waals surface area contributed by atoms with Crippen molar-refractivity contribution in [1.82, 2.24) is 0 Å². The van der Waals surface area contributed by atoms with Gasteiger partial charge in [-0.25, -0.2) is 4.57 Å². The Kier molecular flexibility index (Phi) is 0.933. The normalized spacial score (nSPS) is 28.8. The third-order valence-electron chi connectivity index (χ3n) is 0.249. The Morgan fingerprint density at radius 1 is 1.67 bits per heavy atom. The van der Waals surface area contributed by atoms with Gasteiger partial charge in [-0.1, -0.05) is 0 Å². The molecule has 0 spiro atoms.